The molecule has 0 aliphatic carbocycles. The maximum absolute atomic E-state index is 5.50. The zero-order chi connectivity index (χ0) is 33.4. The molecule has 0 aromatic carbocycles. The van der Waals surface area contributed by atoms with Crippen LogP contribution in [0.15, 0.2) is 48.5 Å². The molecule has 0 saturated heterocycles. The molecule has 9 heterocycles. The molecule has 16 heteroatoms. The molecule has 0 fully saturated rings. The standard InChI is InChI=1S/C33H24N12O4/c1-45-32-17-9-13-21(49-5)37-25(17)33(45)43-28-16-8-12-19(47-3)35-23(16)30(42-28)39-26-14-6-10-18(46-2)34-22(14)29(38-26)40-27-15-7-11-20(48-4)36-24(15)31(41-27)44-32/h6-13H,1-5H3,(H,34,35,36,37,38,39,40,41,42,43,44)/p+1. The van der Waals surface area contributed by atoms with Gasteiger partial charge in [-0.2, -0.15) is 0 Å². The summed E-state index contributed by atoms with van der Waals surface area (Å²) in [5, 5.41) is 1.40. The van der Waals surface area contributed by atoms with Gasteiger partial charge in [-0.25, -0.2) is 39.5 Å². The lowest BCUT2D eigenvalue weighted by Crippen LogP contribution is -2.31. The third-order valence-corrected chi connectivity index (χ3v) is 8.37. The zero-order valence-corrected chi connectivity index (χ0v) is 26.7. The molecule has 2 aliphatic heterocycles. The number of methoxy groups -OCH3 is 4. The van der Waals surface area contributed by atoms with Crippen molar-refractivity contribution in [2.75, 3.05) is 28.4 Å². The highest BCUT2D eigenvalue weighted by molar-refractivity contribution is 6.03. The molecule has 9 rings (SSSR count). The third-order valence-electron chi connectivity index (χ3n) is 8.37. The molecule has 8 bridgehead atoms. The summed E-state index contributed by atoms with van der Waals surface area (Å²) >= 11 is 0. The Hall–Kier alpha value is -6.84. The van der Waals surface area contributed by atoms with Gasteiger partial charge in [0.2, 0.25) is 34.8 Å². The maximum atomic E-state index is 5.50. The lowest BCUT2D eigenvalue weighted by Gasteiger charge is -2.01. The Morgan fingerprint density at radius 3 is 1.57 bits per heavy atom. The topological polar surface area (TPSA) is 188 Å². The molecule has 2 N–H and O–H groups in total. The number of aromatic amines is 2. The van der Waals surface area contributed by atoms with Crippen LogP contribution in [0.2, 0.25) is 0 Å². The highest BCUT2D eigenvalue weighted by Crippen LogP contribution is 2.36. The number of pyridine rings is 4. The highest BCUT2D eigenvalue weighted by Gasteiger charge is 2.32. The van der Waals surface area contributed by atoms with Crippen LogP contribution in [0.5, 0.6) is 23.5 Å². The molecular formula is C33H25N12O4+. The molecular weight excluding hydrogens is 628 g/mol. The molecule has 0 atom stereocenters. The van der Waals surface area contributed by atoms with Crippen molar-refractivity contribution >= 4 is 44.4 Å². The lowest BCUT2D eigenvalue weighted by molar-refractivity contribution is -0.650. The van der Waals surface area contributed by atoms with Crippen LogP contribution >= 0.6 is 0 Å². The van der Waals surface area contributed by atoms with Gasteiger partial charge < -0.3 is 28.9 Å². The summed E-state index contributed by atoms with van der Waals surface area (Å²) in [7, 11) is 8.12. The number of H-pyrrole nitrogens is 2. The van der Waals surface area contributed by atoms with Gasteiger partial charge in [-0.05, 0) is 24.3 Å². The average Bonchev–Trinajstić information content (AvgIpc) is 3.84. The number of nitrogens with zero attached hydrogens (tertiary/aromatic N) is 10. The van der Waals surface area contributed by atoms with Crippen LogP contribution < -0.4 is 23.5 Å². The van der Waals surface area contributed by atoms with Gasteiger partial charge in [0.25, 0.3) is 11.6 Å². The first kappa shape index (κ1) is 28.4. The molecule has 0 unspecified atom stereocenters. The monoisotopic (exact) mass is 653 g/mol. The molecule has 2 aliphatic rings. The molecule has 16 nitrogen and oxygen atoms in total. The van der Waals surface area contributed by atoms with Gasteiger partial charge >= 0.3 is 0 Å². The number of nitrogens with one attached hydrogen (secondary N) is 2. The van der Waals surface area contributed by atoms with Gasteiger partial charge in [0.1, 0.15) is 22.4 Å². The van der Waals surface area contributed by atoms with Gasteiger partial charge in [-0.3, -0.25) is 0 Å². The molecule has 0 saturated carbocycles. The molecule has 0 spiro atoms. The summed E-state index contributed by atoms with van der Waals surface area (Å²) in [6.07, 6.45) is 0. The molecule has 0 radical (unpaired) electrons. The smallest absolute Gasteiger partial charge is 0.292 e. The predicted octanol–water partition coefficient (Wildman–Crippen LogP) is 3.91. The number of hydrogen-bond donors (Lipinski definition) is 2. The summed E-state index contributed by atoms with van der Waals surface area (Å²) in [6, 6.07) is 14.6. The van der Waals surface area contributed by atoms with Crippen molar-refractivity contribution in [3.05, 3.63) is 48.5 Å². The first-order valence-electron chi connectivity index (χ1n) is 15.0. The largest absolute Gasteiger partial charge is 0.481 e. The van der Waals surface area contributed by atoms with Crippen molar-refractivity contribution in [3.63, 3.8) is 0 Å². The van der Waals surface area contributed by atoms with Crippen molar-refractivity contribution in [1.29, 1.82) is 0 Å². The Bertz CT molecular complexity index is 2710. The van der Waals surface area contributed by atoms with Crippen molar-refractivity contribution in [2.24, 2.45) is 7.05 Å². The van der Waals surface area contributed by atoms with E-state index in [4.69, 9.17) is 63.8 Å². The summed E-state index contributed by atoms with van der Waals surface area (Å²) in [5.74, 6) is 3.45. The van der Waals surface area contributed by atoms with E-state index in [0.717, 1.165) is 5.56 Å². The van der Waals surface area contributed by atoms with E-state index in [1.165, 1.54) is 0 Å². The van der Waals surface area contributed by atoms with Gasteiger partial charge in [-0.15, -0.1) is 0 Å². The van der Waals surface area contributed by atoms with Crippen LogP contribution in [-0.4, -0.2) is 83.3 Å². The number of fused-ring (bicyclic) bond motifs is 20. The van der Waals surface area contributed by atoms with Crippen LogP contribution in [0.25, 0.3) is 90.2 Å². The SMILES string of the molecule is COc1ccc2c(n1)-c1nc-2nc2[nH]c(nc3[n+](C)c(nc4[nH]c(n1)c1ccc(OC)nc41)-c1ccc(OC)nc1-3)c1ccc(OC)nc21. The first-order chi connectivity index (χ1) is 24.0. The van der Waals surface area contributed by atoms with Crippen LogP contribution in [0, 0.1) is 0 Å². The van der Waals surface area contributed by atoms with Crippen molar-refractivity contribution < 1.29 is 23.5 Å². The second-order valence-electron chi connectivity index (χ2n) is 11.1. The summed E-state index contributed by atoms with van der Waals surface area (Å²) in [5.41, 5.74) is 5.36. The van der Waals surface area contributed by atoms with Gasteiger partial charge in [0.05, 0.1) is 46.4 Å². The normalized spacial score (nSPS) is 11.8. The minimum absolute atomic E-state index is 0.319. The van der Waals surface area contributed by atoms with E-state index in [0.29, 0.717) is 108 Å². The molecule has 49 heavy (non-hydrogen) atoms. The molecule has 7 aromatic heterocycles. The molecule has 7 aromatic rings. The lowest BCUT2D eigenvalue weighted by atomic mass is 10.2. The van der Waals surface area contributed by atoms with E-state index >= 15 is 0 Å². The maximum Gasteiger partial charge on any atom is 0.292 e. The summed E-state index contributed by atoms with van der Waals surface area (Å²) in [6.45, 7) is 0. The fourth-order valence-electron chi connectivity index (χ4n) is 5.98. The quantitative estimate of drug-likeness (QED) is 0.260. The van der Waals surface area contributed by atoms with E-state index in [1.54, 1.807) is 52.7 Å². The van der Waals surface area contributed by atoms with Crippen molar-refractivity contribution in [2.45, 2.75) is 0 Å². The van der Waals surface area contributed by atoms with Crippen molar-refractivity contribution in [1.82, 2.24) is 54.8 Å². The summed E-state index contributed by atoms with van der Waals surface area (Å²) in [4.78, 5) is 50.7. The number of ether oxygens (including phenoxy) is 4. The summed E-state index contributed by atoms with van der Waals surface area (Å²) < 4.78 is 23.8. The van der Waals surface area contributed by atoms with Crippen LogP contribution in [0.1, 0.15) is 0 Å². The minimum atomic E-state index is 0.319. The van der Waals surface area contributed by atoms with E-state index in [9.17, 15) is 0 Å². The minimum Gasteiger partial charge on any atom is -0.481 e. The van der Waals surface area contributed by atoms with Crippen LogP contribution in [0.3, 0.4) is 0 Å². The fourth-order valence-corrected chi connectivity index (χ4v) is 5.98. The fraction of sp³-hybridized carbons (Fsp3) is 0.152. The van der Waals surface area contributed by atoms with E-state index in [2.05, 4.69) is 9.97 Å². The number of hydrogen-bond acceptors (Lipinski definition) is 13. The van der Waals surface area contributed by atoms with E-state index in [-0.39, 0.29) is 0 Å². The van der Waals surface area contributed by atoms with Crippen LogP contribution in [0.4, 0.5) is 0 Å². The van der Waals surface area contributed by atoms with Gasteiger partial charge in [0, 0.05) is 35.2 Å². The van der Waals surface area contributed by atoms with E-state index in [1.807, 2.05) is 35.9 Å². The Balaban J connectivity index is 1.50. The second-order valence-corrected chi connectivity index (χ2v) is 11.1. The number of rotatable bonds is 4. The zero-order valence-electron chi connectivity index (χ0n) is 26.7. The first-order valence-corrected chi connectivity index (χ1v) is 15.0. The van der Waals surface area contributed by atoms with E-state index < -0.39 is 0 Å². The van der Waals surface area contributed by atoms with Crippen molar-refractivity contribution in [3.8, 4) is 69.3 Å². The number of aromatic nitrogens is 12. The van der Waals surface area contributed by atoms with Crippen LogP contribution in [-0.2, 0) is 7.05 Å². The highest BCUT2D eigenvalue weighted by atomic mass is 16.5. The van der Waals surface area contributed by atoms with Gasteiger partial charge in [-0.1, -0.05) is 9.97 Å². The third kappa shape index (κ3) is 4.30. The Kier molecular flexibility index (Phi) is 6.14. The second kappa shape index (κ2) is 10.6. The van der Waals surface area contributed by atoms with Gasteiger partial charge in [0.15, 0.2) is 23.0 Å². The molecule has 0 amide bonds. The Morgan fingerprint density at radius 1 is 0.449 bits per heavy atom. The predicted molar refractivity (Wildman–Crippen MR) is 177 cm³/mol. The Labute approximate surface area is 275 Å². The Morgan fingerprint density at radius 2 is 0.939 bits per heavy atom. The molecule has 240 valence electrons. The average molecular weight is 654 g/mol.